The fourth-order valence-corrected chi connectivity index (χ4v) is 8.88. The minimum absolute atomic E-state index is 0.0445. The second kappa shape index (κ2) is 11.6. The number of hydrazine groups is 2. The lowest BCUT2D eigenvalue weighted by Gasteiger charge is -2.23. The molecule has 238 valence electrons. The lowest BCUT2D eigenvalue weighted by Crippen LogP contribution is -2.33. The Morgan fingerprint density at radius 1 is 1.13 bits per heavy atom. The predicted octanol–water partition coefficient (Wildman–Crippen LogP) is 5.42. The van der Waals surface area contributed by atoms with Crippen LogP contribution in [-0.2, 0) is 23.0 Å². The highest BCUT2D eigenvalue weighted by Crippen LogP contribution is 2.52. The lowest BCUT2D eigenvalue weighted by atomic mass is 10.00. The van der Waals surface area contributed by atoms with Gasteiger partial charge in [0, 0.05) is 59.5 Å². The Hall–Kier alpha value is -4.04. The van der Waals surface area contributed by atoms with E-state index in [4.69, 9.17) is 0 Å². The van der Waals surface area contributed by atoms with Crippen molar-refractivity contribution in [3.05, 3.63) is 111 Å². The molecule has 1 fully saturated rings. The Balaban J connectivity index is 1.21. The quantitative estimate of drug-likeness (QED) is 0.233. The molecular formula is C33H32BrFN6O4S. The Labute approximate surface area is 274 Å². The highest BCUT2D eigenvalue weighted by Gasteiger charge is 2.46. The second-order valence-corrected chi connectivity index (χ2v) is 15.1. The highest BCUT2D eigenvalue weighted by atomic mass is 79.9. The summed E-state index contributed by atoms with van der Waals surface area (Å²) in [7, 11) is -2.00. The van der Waals surface area contributed by atoms with Crippen molar-refractivity contribution < 1.29 is 22.7 Å². The van der Waals surface area contributed by atoms with Crippen LogP contribution < -0.4 is 11.0 Å². The summed E-state index contributed by atoms with van der Waals surface area (Å²) >= 11 is 3.40. The Kier molecular flexibility index (Phi) is 7.74. The van der Waals surface area contributed by atoms with E-state index in [0.29, 0.717) is 33.4 Å². The van der Waals surface area contributed by atoms with E-state index < -0.39 is 21.8 Å². The van der Waals surface area contributed by atoms with Gasteiger partial charge in [-0.15, -0.1) is 5.53 Å². The molecule has 46 heavy (non-hydrogen) atoms. The molecule has 0 spiro atoms. The topological polar surface area (TPSA) is 120 Å². The number of rotatable bonds is 7. The first-order valence-corrected chi connectivity index (χ1v) is 17.2. The maximum absolute atomic E-state index is 16.3. The van der Waals surface area contributed by atoms with E-state index in [0.717, 1.165) is 17.7 Å². The van der Waals surface area contributed by atoms with Gasteiger partial charge in [0.15, 0.2) is 0 Å². The van der Waals surface area contributed by atoms with Crippen molar-refractivity contribution in [1.82, 2.24) is 30.1 Å². The highest BCUT2D eigenvalue weighted by molar-refractivity contribution is 9.10. The van der Waals surface area contributed by atoms with Crippen molar-refractivity contribution >= 4 is 31.9 Å². The van der Waals surface area contributed by atoms with Gasteiger partial charge in [0.2, 0.25) is 10.0 Å². The number of nitrogens with zero attached hydrogens (tertiary/aromatic N) is 4. The van der Waals surface area contributed by atoms with Crippen LogP contribution in [-0.4, -0.2) is 52.2 Å². The van der Waals surface area contributed by atoms with Gasteiger partial charge in [-0.3, -0.25) is 5.01 Å². The van der Waals surface area contributed by atoms with Gasteiger partial charge in [-0.25, -0.2) is 22.3 Å². The third kappa shape index (κ3) is 5.51. The summed E-state index contributed by atoms with van der Waals surface area (Å²) in [5.74, 6) is -1.48. The largest absolute Gasteiger partial charge is 0.478 e. The van der Waals surface area contributed by atoms with Gasteiger partial charge in [0.05, 0.1) is 22.5 Å². The molecule has 0 bridgehead atoms. The molecule has 13 heteroatoms. The Morgan fingerprint density at radius 3 is 2.70 bits per heavy atom. The molecular weight excluding hydrogens is 675 g/mol. The molecule has 3 aliphatic rings. The summed E-state index contributed by atoms with van der Waals surface area (Å²) in [5, 5.41) is 16.2. The van der Waals surface area contributed by atoms with Gasteiger partial charge in [-0.2, -0.15) is 9.40 Å². The number of carboxylic acid groups (broad SMARTS) is 1. The summed E-state index contributed by atoms with van der Waals surface area (Å²) in [5.41, 5.74) is 10.3. The number of hydrogen-bond donors (Lipinski definition) is 3. The van der Waals surface area contributed by atoms with Crippen LogP contribution in [0.25, 0.3) is 16.8 Å². The van der Waals surface area contributed by atoms with Crippen molar-refractivity contribution in [2.45, 2.75) is 37.1 Å². The van der Waals surface area contributed by atoms with Gasteiger partial charge in [-0.05, 0) is 54.2 Å². The van der Waals surface area contributed by atoms with Crippen LogP contribution in [0.15, 0.2) is 88.1 Å². The standard InChI is InChI=1S/C33H32BrFN6O4S/c1-19-11-21-9-10-23(34)13-30(21)46(44,45)40(16-19)17-22-6-4-8-25(31(22)35)20-5-3-7-24(12-20)41-32(28(15-36-41)33(42)43)27-14-26(27)29-18-39(2)38-37-29/h3-10,12-13,15,18-19,26-27,37-38H,11,14,16-17H2,1-2H3,(H,42,43)/t19-,26+,27+/m0/s1. The van der Waals surface area contributed by atoms with Crippen LogP contribution in [0.5, 0.6) is 0 Å². The van der Waals surface area contributed by atoms with E-state index >= 15 is 4.39 Å². The van der Waals surface area contributed by atoms with Crippen LogP contribution in [0.1, 0.15) is 46.4 Å². The molecule has 1 aromatic heterocycles. The molecule has 10 nitrogen and oxygen atoms in total. The molecule has 0 amide bonds. The third-order valence-electron chi connectivity index (χ3n) is 8.85. The summed E-state index contributed by atoms with van der Waals surface area (Å²) in [6, 6.07) is 17.4. The molecule has 0 saturated heterocycles. The van der Waals surface area contributed by atoms with Crippen LogP contribution in [0.3, 0.4) is 0 Å². The molecule has 3 heterocycles. The Bertz CT molecular complexity index is 2010. The molecule has 3 atom stereocenters. The van der Waals surface area contributed by atoms with E-state index in [1.807, 2.05) is 38.4 Å². The average molecular weight is 708 g/mol. The number of benzene rings is 3. The predicted molar refractivity (Wildman–Crippen MR) is 173 cm³/mol. The molecule has 0 unspecified atom stereocenters. The first-order valence-electron chi connectivity index (χ1n) is 15.0. The van der Waals surface area contributed by atoms with Gasteiger partial charge in [0.25, 0.3) is 0 Å². The third-order valence-corrected chi connectivity index (χ3v) is 11.2. The number of carbonyl (C=O) groups is 1. The molecule has 3 N–H and O–H groups in total. The summed E-state index contributed by atoms with van der Waals surface area (Å²) in [6.45, 7) is 2.15. The van der Waals surface area contributed by atoms with Gasteiger partial charge >= 0.3 is 5.97 Å². The average Bonchev–Trinajstić information content (AvgIpc) is 3.49. The number of nitrogens with one attached hydrogen (secondary N) is 2. The zero-order valence-corrected chi connectivity index (χ0v) is 27.5. The zero-order valence-electron chi connectivity index (χ0n) is 25.1. The van der Waals surface area contributed by atoms with Crippen LogP contribution in [0.4, 0.5) is 4.39 Å². The van der Waals surface area contributed by atoms with Crippen molar-refractivity contribution in [2.24, 2.45) is 11.8 Å². The first kappa shape index (κ1) is 30.6. The normalized spacial score (nSPS) is 22.1. The number of aromatic nitrogens is 2. The fraction of sp³-hybridized carbons (Fsp3) is 0.273. The van der Waals surface area contributed by atoms with Crippen molar-refractivity contribution in [3.8, 4) is 16.8 Å². The van der Waals surface area contributed by atoms with Crippen molar-refractivity contribution in [1.29, 1.82) is 0 Å². The number of fused-ring (bicyclic) bond motifs is 1. The molecule has 0 radical (unpaired) electrons. The number of allylic oxidation sites excluding steroid dienone is 1. The second-order valence-electron chi connectivity index (χ2n) is 12.2. The summed E-state index contributed by atoms with van der Waals surface area (Å²) < 4.78 is 47.5. The maximum Gasteiger partial charge on any atom is 0.339 e. The van der Waals surface area contributed by atoms with Crippen LogP contribution in [0, 0.1) is 17.7 Å². The van der Waals surface area contributed by atoms with E-state index in [9.17, 15) is 18.3 Å². The van der Waals surface area contributed by atoms with E-state index in [1.165, 1.54) is 10.5 Å². The number of carboxylic acids is 1. The summed E-state index contributed by atoms with van der Waals surface area (Å²) in [4.78, 5) is 12.4. The van der Waals surface area contributed by atoms with Gasteiger partial charge in [-0.1, -0.05) is 59.3 Å². The zero-order chi connectivity index (χ0) is 32.3. The van der Waals surface area contributed by atoms with Gasteiger partial charge < -0.3 is 10.5 Å². The van der Waals surface area contributed by atoms with E-state index in [-0.39, 0.29) is 46.9 Å². The fourth-order valence-electron chi connectivity index (χ4n) is 6.57. The van der Waals surface area contributed by atoms with Crippen molar-refractivity contribution in [2.75, 3.05) is 13.6 Å². The number of sulfonamides is 1. The van der Waals surface area contributed by atoms with E-state index in [1.54, 1.807) is 52.2 Å². The number of halogens is 2. The van der Waals surface area contributed by atoms with Crippen molar-refractivity contribution in [3.63, 3.8) is 0 Å². The first-order chi connectivity index (χ1) is 22.0. The smallest absolute Gasteiger partial charge is 0.339 e. The molecule has 4 aromatic rings. The van der Waals surface area contributed by atoms with E-state index in [2.05, 4.69) is 32.0 Å². The van der Waals surface area contributed by atoms with Crippen LogP contribution >= 0.6 is 15.9 Å². The number of aromatic carboxylic acids is 1. The minimum Gasteiger partial charge on any atom is -0.478 e. The molecule has 3 aromatic carbocycles. The number of hydrogen-bond acceptors (Lipinski definition) is 7. The molecule has 7 rings (SSSR count). The van der Waals surface area contributed by atoms with Gasteiger partial charge in [0.1, 0.15) is 11.4 Å². The molecule has 1 aliphatic carbocycles. The monoisotopic (exact) mass is 706 g/mol. The summed E-state index contributed by atoms with van der Waals surface area (Å²) in [6.07, 6.45) is 4.67. The maximum atomic E-state index is 16.3. The molecule has 2 aliphatic heterocycles. The van der Waals surface area contributed by atoms with Crippen LogP contribution in [0.2, 0.25) is 0 Å². The SMILES string of the molecule is C[C@H]1Cc2ccc(Br)cc2S(=O)(=O)N(Cc2cccc(-c3cccc(-n4ncc(C(=O)O)c4[C@@H]4C[C@H]4C4=CN(C)NN4)c3)c2F)C1. The molecule has 1 saturated carbocycles. The Morgan fingerprint density at radius 2 is 1.93 bits per heavy atom. The minimum atomic E-state index is -3.87. The lowest BCUT2D eigenvalue weighted by molar-refractivity contribution is 0.0695.